The molecular weight excluding hydrogens is 276 g/mol. The van der Waals surface area contributed by atoms with Crippen molar-refractivity contribution in [2.75, 3.05) is 33.2 Å². The third kappa shape index (κ3) is 3.84. The van der Waals surface area contributed by atoms with E-state index in [4.69, 9.17) is 0 Å². The number of nitrogens with zero attached hydrogens (tertiary/aromatic N) is 3. The van der Waals surface area contributed by atoms with Crippen LogP contribution in [-0.2, 0) is 0 Å². The average molecular weight is 302 g/mol. The molecule has 5 nitrogen and oxygen atoms in total. The maximum atomic E-state index is 12.3. The fraction of sp³-hybridized carbons (Fsp3) is 0.647. The zero-order valence-corrected chi connectivity index (χ0v) is 13.4. The van der Waals surface area contributed by atoms with Crippen LogP contribution in [0.25, 0.3) is 0 Å². The number of rotatable bonds is 3. The Morgan fingerprint density at radius 1 is 1.27 bits per heavy atom. The number of carbonyl (C=O) groups excluding carboxylic acids is 1. The van der Waals surface area contributed by atoms with Gasteiger partial charge in [-0.1, -0.05) is 0 Å². The van der Waals surface area contributed by atoms with E-state index >= 15 is 0 Å². The molecule has 0 aliphatic carbocycles. The Morgan fingerprint density at radius 3 is 2.82 bits per heavy atom. The average Bonchev–Trinajstić information content (AvgIpc) is 2.56. The number of amides is 1. The Kier molecular flexibility index (Phi) is 5.05. The van der Waals surface area contributed by atoms with Gasteiger partial charge in [0.1, 0.15) is 0 Å². The standard InChI is InChI=1S/C17H26N4O/c1-20-10-6-16(7-11-20)21-9-3-5-15(13-21)19-17(22)14-4-2-8-18-12-14/h2,4,8,12,15-16H,3,5-7,9-11,13H2,1H3,(H,19,22). The van der Waals surface area contributed by atoms with Crippen molar-refractivity contribution in [1.29, 1.82) is 0 Å². The molecule has 0 radical (unpaired) electrons. The lowest BCUT2D eigenvalue weighted by Crippen LogP contribution is -2.53. The minimum absolute atomic E-state index is 0.00308. The highest BCUT2D eigenvalue weighted by atomic mass is 16.1. The molecular formula is C17H26N4O. The van der Waals surface area contributed by atoms with Gasteiger partial charge in [-0.2, -0.15) is 0 Å². The molecule has 1 aromatic rings. The van der Waals surface area contributed by atoms with E-state index in [2.05, 4.69) is 27.1 Å². The monoisotopic (exact) mass is 302 g/mol. The van der Waals surface area contributed by atoms with Gasteiger partial charge in [0.2, 0.25) is 0 Å². The zero-order chi connectivity index (χ0) is 15.4. The van der Waals surface area contributed by atoms with E-state index in [9.17, 15) is 4.79 Å². The topological polar surface area (TPSA) is 48.5 Å². The SMILES string of the molecule is CN1CCC(N2CCCC(NC(=O)c3cccnc3)C2)CC1. The predicted octanol–water partition coefficient (Wildman–Crippen LogP) is 1.37. The Bertz CT molecular complexity index is 485. The summed E-state index contributed by atoms with van der Waals surface area (Å²) in [6.07, 6.45) is 8.07. The molecule has 120 valence electrons. The summed E-state index contributed by atoms with van der Waals surface area (Å²) in [5.74, 6) is 0.00308. The van der Waals surface area contributed by atoms with E-state index in [1.54, 1.807) is 18.5 Å². The van der Waals surface area contributed by atoms with Crippen LogP contribution in [0.5, 0.6) is 0 Å². The Balaban J connectivity index is 1.53. The van der Waals surface area contributed by atoms with Gasteiger partial charge in [0.15, 0.2) is 0 Å². The smallest absolute Gasteiger partial charge is 0.253 e. The molecule has 1 aromatic heterocycles. The van der Waals surface area contributed by atoms with Crippen LogP contribution in [0.15, 0.2) is 24.5 Å². The first-order chi connectivity index (χ1) is 10.7. The third-order valence-electron chi connectivity index (χ3n) is 4.92. The molecule has 3 heterocycles. The molecule has 0 spiro atoms. The molecule has 2 aliphatic heterocycles. The Morgan fingerprint density at radius 2 is 2.09 bits per heavy atom. The van der Waals surface area contributed by atoms with Crippen LogP contribution >= 0.6 is 0 Å². The summed E-state index contributed by atoms with van der Waals surface area (Å²) >= 11 is 0. The van der Waals surface area contributed by atoms with E-state index in [1.807, 2.05) is 6.07 Å². The summed E-state index contributed by atoms with van der Waals surface area (Å²) in [6, 6.07) is 4.58. The minimum atomic E-state index is 0.00308. The fourth-order valence-electron chi connectivity index (χ4n) is 3.58. The predicted molar refractivity (Wildman–Crippen MR) is 86.8 cm³/mol. The van der Waals surface area contributed by atoms with Gasteiger partial charge in [-0.05, 0) is 64.5 Å². The largest absolute Gasteiger partial charge is 0.348 e. The van der Waals surface area contributed by atoms with E-state index in [-0.39, 0.29) is 11.9 Å². The second-order valence-corrected chi connectivity index (χ2v) is 6.58. The normalized spacial score (nSPS) is 25.0. The summed E-state index contributed by atoms with van der Waals surface area (Å²) in [4.78, 5) is 21.3. The number of hydrogen-bond donors (Lipinski definition) is 1. The molecule has 5 heteroatoms. The summed E-state index contributed by atoms with van der Waals surface area (Å²) < 4.78 is 0. The molecule has 1 atom stereocenters. The zero-order valence-electron chi connectivity index (χ0n) is 13.4. The molecule has 22 heavy (non-hydrogen) atoms. The quantitative estimate of drug-likeness (QED) is 0.916. The lowest BCUT2D eigenvalue weighted by molar-refractivity contribution is 0.0766. The van der Waals surface area contributed by atoms with Crippen molar-refractivity contribution in [2.24, 2.45) is 0 Å². The molecule has 2 aliphatic rings. The van der Waals surface area contributed by atoms with Gasteiger partial charge in [-0.25, -0.2) is 0 Å². The number of nitrogens with one attached hydrogen (secondary N) is 1. The van der Waals surface area contributed by atoms with Crippen molar-refractivity contribution in [1.82, 2.24) is 20.1 Å². The summed E-state index contributed by atoms with van der Waals surface area (Å²) in [5.41, 5.74) is 0.652. The molecule has 2 saturated heterocycles. The maximum Gasteiger partial charge on any atom is 0.253 e. The van der Waals surface area contributed by atoms with E-state index < -0.39 is 0 Å². The van der Waals surface area contributed by atoms with Crippen molar-refractivity contribution in [3.05, 3.63) is 30.1 Å². The molecule has 1 unspecified atom stereocenters. The summed E-state index contributed by atoms with van der Waals surface area (Å²) in [6.45, 7) is 4.54. The highest BCUT2D eigenvalue weighted by molar-refractivity contribution is 5.94. The van der Waals surface area contributed by atoms with Gasteiger partial charge in [0.25, 0.3) is 5.91 Å². The van der Waals surface area contributed by atoms with Gasteiger partial charge in [0.05, 0.1) is 5.56 Å². The van der Waals surface area contributed by atoms with E-state index in [1.165, 1.54) is 38.9 Å². The lowest BCUT2D eigenvalue weighted by Gasteiger charge is -2.41. The summed E-state index contributed by atoms with van der Waals surface area (Å²) in [7, 11) is 2.20. The lowest BCUT2D eigenvalue weighted by atomic mass is 9.98. The molecule has 3 rings (SSSR count). The number of carbonyl (C=O) groups is 1. The van der Waals surface area contributed by atoms with Crippen molar-refractivity contribution < 1.29 is 4.79 Å². The van der Waals surface area contributed by atoms with Gasteiger partial charge in [-0.15, -0.1) is 0 Å². The number of aromatic nitrogens is 1. The molecule has 2 fully saturated rings. The van der Waals surface area contributed by atoms with Crippen LogP contribution in [0.3, 0.4) is 0 Å². The number of piperidine rings is 2. The first-order valence-corrected chi connectivity index (χ1v) is 8.36. The second-order valence-electron chi connectivity index (χ2n) is 6.58. The first kappa shape index (κ1) is 15.4. The van der Waals surface area contributed by atoms with Crippen molar-refractivity contribution in [3.63, 3.8) is 0 Å². The van der Waals surface area contributed by atoms with E-state index in [0.717, 1.165) is 13.0 Å². The van der Waals surface area contributed by atoms with Gasteiger partial charge in [-0.3, -0.25) is 14.7 Å². The molecule has 1 amide bonds. The highest BCUT2D eigenvalue weighted by Gasteiger charge is 2.28. The number of pyridine rings is 1. The molecule has 0 saturated carbocycles. The molecule has 0 aromatic carbocycles. The maximum absolute atomic E-state index is 12.3. The third-order valence-corrected chi connectivity index (χ3v) is 4.92. The van der Waals surface area contributed by atoms with Crippen molar-refractivity contribution in [3.8, 4) is 0 Å². The Hall–Kier alpha value is -1.46. The fourth-order valence-corrected chi connectivity index (χ4v) is 3.58. The van der Waals surface area contributed by atoms with Gasteiger partial charge in [0, 0.05) is 31.0 Å². The van der Waals surface area contributed by atoms with Crippen LogP contribution in [0.1, 0.15) is 36.0 Å². The van der Waals surface area contributed by atoms with Crippen LogP contribution in [0.2, 0.25) is 0 Å². The molecule has 1 N–H and O–H groups in total. The van der Waals surface area contributed by atoms with Gasteiger partial charge >= 0.3 is 0 Å². The molecule has 0 bridgehead atoms. The summed E-state index contributed by atoms with van der Waals surface area (Å²) in [5, 5.41) is 3.18. The van der Waals surface area contributed by atoms with Crippen LogP contribution in [-0.4, -0.2) is 66.0 Å². The highest BCUT2D eigenvalue weighted by Crippen LogP contribution is 2.20. The van der Waals surface area contributed by atoms with E-state index in [0.29, 0.717) is 11.6 Å². The van der Waals surface area contributed by atoms with Crippen LogP contribution in [0.4, 0.5) is 0 Å². The first-order valence-electron chi connectivity index (χ1n) is 8.36. The minimum Gasteiger partial charge on any atom is -0.348 e. The van der Waals surface area contributed by atoms with Crippen LogP contribution in [0, 0.1) is 0 Å². The Labute approximate surface area is 132 Å². The van der Waals surface area contributed by atoms with Crippen molar-refractivity contribution in [2.45, 2.75) is 37.8 Å². The van der Waals surface area contributed by atoms with Crippen LogP contribution < -0.4 is 5.32 Å². The second kappa shape index (κ2) is 7.20. The van der Waals surface area contributed by atoms with Gasteiger partial charge < -0.3 is 10.2 Å². The number of hydrogen-bond acceptors (Lipinski definition) is 4. The van der Waals surface area contributed by atoms with Crippen molar-refractivity contribution >= 4 is 5.91 Å². The number of likely N-dealkylation sites (tertiary alicyclic amines) is 2.